The lowest BCUT2D eigenvalue weighted by Gasteiger charge is -2.31. The second-order valence-corrected chi connectivity index (χ2v) is 7.55. The Kier molecular flexibility index (Phi) is 4.86. The average molecular weight is 371 g/mol. The maximum absolute atomic E-state index is 12.7. The number of rotatable bonds is 4. The number of amides is 3. The predicted molar refractivity (Wildman–Crippen MR) is 98.2 cm³/mol. The van der Waals surface area contributed by atoms with Gasteiger partial charge in [-0.25, -0.2) is 0 Å². The Bertz CT molecular complexity index is 778. The largest absolute Gasteiger partial charge is 0.489 e. The number of hydrogen-bond donors (Lipinski definition) is 2. The third-order valence-corrected chi connectivity index (χ3v) is 5.86. The van der Waals surface area contributed by atoms with Crippen LogP contribution < -0.4 is 15.4 Å². The van der Waals surface area contributed by atoms with E-state index in [4.69, 9.17) is 4.74 Å². The van der Waals surface area contributed by atoms with E-state index < -0.39 is 6.04 Å². The molecule has 4 rings (SSSR count). The quantitative estimate of drug-likeness (QED) is 0.781. The molecule has 1 aliphatic carbocycles. The van der Waals surface area contributed by atoms with Crippen molar-refractivity contribution in [2.45, 2.75) is 63.3 Å². The Balaban J connectivity index is 1.49. The summed E-state index contributed by atoms with van der Waals surface area (Å²) < 4.78 is 6.22. The van der Waals surface area contributed by atoms with Crippen LogP contribution in [0.4, 0.5) is 0 Å². The van der Waals surface area contributed by atoms with Crippen LogP contribution in [0.1, 0.15) is 54.4 Å². The first kappa shape index (κ1) is 18.0. The van der Waals surface area contributed by atoms with Crippen LogP contribution >= 0.6 is 0 Å². The lowest BCUT2D eigenvalue weighted by atomic mass is 9.92. The van der Waals surface area contributed by atoms with E-state index >= 15 is 0 Å². The molecule has 2 heterocycles. The van der Waals surface area contributed by atoms with Gasteiger partial charge in [-0.2, -0.15) is 0 Å². The highest BCUT2D eigenvalue weighted by atomic mass is 16.5. The topological polar surface area (TPSA) is 87.7 Å². The van der Waals surface area contributed by atoms with Crippen LogP contribution in [-0.4, -0.2) is 47.9 Å². The van der Waals surface area contributed by atoms with Gasteiger partial charge < -0.3 is 15.0 Å². The SMILES string of the molecule is CN[C@H]1CCCC[C@@H]1Oc1ccc2c(c1)CN(C1CCC(=O)NC1=O)C2=O. The summed E-state index contributed by atoms with van der Waals surface area (Å²) in [6.45, 7) is 0.373. The predicted octanol–water partition coefficient (Wildman–Crippen LogP) is 1.36. The van der Waals surface area contributed by atoms with Crippen molar-refractivity contribution in [1.82, 2.24) is 15.5 Å². The van der Waals surface area contributed by atoms with Crippen LogP contribution in [0.5, 0.6) is 5.75 Å². The summed E-state index contributed by atoms with van der Waals surface area (Å²) in [4.78, 5) is 37.8. The van der Waals surface area contributed by atoms with Crippen molar-refractivity contribution in [3.8, 4) is 5.75 Å². The summed E-state index contributed by atoms with van der Waals surface area (Å²) in [6.07, 6.45) is 5.26. The monoisotopic (exact) mass is 371 g/mol. The lowest BCUT2D eigenvalue weighted by Crippen LogP contribution is -2.52. The van der Waals surface area contributed by atoms with Crippen molar-refractivity contribution < 1.29 is 19.1 Å². The van der Waals surface area contributed by atoms with E-state index in [-0.39, 0.29) is 30.2 Å². The number of carbonyl (C=O) groups is 3. The summed E-state index contributed by atoms with van der Waals surface area (Å²) in [6, 6.07) is 5.30. The van der Waals surface area contributed by atoms with Gasteiger partial charge in [0.05, 0.1) is 0 Å². The summed E-state index contributed by atoms with van der Waals surface area (Å²) in [5.41, 5.74) is 1.49. The molecular weight excluding hydrogens is 346 g/mol. The minimum atomic E-state index is -0.584. The molecule has 0 bridgehead atoms. The molecule has 2 aliphatic heterocycles. The molecule has 3 atom stereocenters. The van der Waals surface area contributed by atoms with Gasteiger partial charge >= 0.3 is 0 Å². The van der Waals surface area contributed by atoms with Gasteiger partial charge in [0.2, 0.25) is 11.8 Å². The van der Waals surface area contributed by atoms with Gasteiger partial charge in [-0.05, 0) is 56.5 Å². The molecule has 144 valence electrons. The fourth-order valence-corrected chi connectivity index (χ4v) is 4.37. The number of benzene rings is 1. The van der Waals surface area contributed by atoms with E-state index in [0.717, 1.165) is 30.6 Å². The van der Waals surface area contributed by atoms with Crippen molar-refractivity contribution in [1.29, 1.82) is 0 Å². The molecule has 1 saturated carbocycles. The van der Waals surface area contributed by atoms with E-state index in [2.05, 4.69) is 10.6 Å². The Morgan fingerprint density at radius 3 is 2.74 bits per heavy atom. The van der Waals surface area contributed by atoms with Gasteiger partial charge in [0.1, 0.15) is 17.9 Å². The normalized spacial score (nSPS) is 28.1. The van der Waals surface area contributed by atoms with Crippen LogP contribution in [0.15, 0.2) is 18.2 Å². The first-order valence-corrected chi connectivity index (χ1v) is 9.68. The maximum Gasteiger partial charge on any atom is 0.255 e. The highest BCUT2D eigenvalue weighted by Crippen LogP contribution is 2.31. The van der Waals surface area contributed by atoms with E-state index in [1.807, 2.05) is 19.2 Å². The Labute approximate surface area is 158 Å². The highest BCUT2D eigenvalue weighted by Gasteiger charge is 2.39. The second-order valence-electron chi connectivity index (χ2n) is 7.55. The van der Waals surface area contributed by atoms with Crippen molar-refractivity contribution in [2.24, 2.45) is 0 Å². The molecule has 3 amide bonds. The number of imide groups is 1. The van der Waals surface area contributed by atoms with Crippen molar-refractivity contribution in [3.63, 3.8) is 0 Å². The molecule has 1 unspecified atom stereocenters. The highest BCUT2D eigenvalue weighted by molar-refractivity contribution is 6.05. The van der Waals surface area contributed by atoms with Crippen LogP contribution in [0.3, 0.4) is 0 Å². The zero-order valence-corrected chi connectivity index (χ0v) is 15.5. The minimum absolute atomic E-state index is 0.130. The van der Waals surface area contributed by atoms with Gasteiger partial charge in [0, 0.05) is 24.6 Å². The molecule has 0 spiro atoms. The second kappa shape index (κ2) is 7.31. The third kappa shape index (κ3) is 3.43. The molecule has 1 saturated heterocycles. The Hall–Kier alpha value is -2.41. The first-order chi connectivity index (χ1) is 13.1. The number of hydrogen-bond acceptors (Lipinski definition) is 5. The van der Waals surface area contributed by atoms with Crippen molar-refractivity contribution in [2.75, 3.05) is 7.05 Å². The average Bonchev–Trinajstić information content (AvgIpc) is 2.98. The molecular formula is C20H25N3O4. The fraction of sp³-hybridized carbons (Fsp3) is 0.550. The number of piperidine rings is 1. The zero-order chi connectivity index (χ0) is 19.0. The summed E-state index contributed by atoms with van der Waals surface area (Å²) in [5.74, 6) is -0.0544. The number of likely N-dealkylation sites (N-methyl/N-ethyl adjacent to an activating group) is 1. The van der Waals surface area contributed by atoms with Gasteiger partial charge in [0.15, 0.2) is 0 Å². The van der Waals surface area contributed by atoms with E-state index in [9.17, 15) is 14.4 Å². The Morgan fingerprint density at radius 1 is 1.15 bits per heavy atom. The van der Waals surface area contributed by atoms with Crippen molar-refractivity contribution in [3.05, 3.63) is 29.3 Å². The van der Waals surface area contributed by atoms with Gasteiger partial charge in [-0.3, -0.25) is 19.7 Å². The fourth-order valence-electron chi connectivity index (χ4n) is 4.37. The summed E-state index contributed by atoms with van der Waals surface area (Å²) in [7, 11) is 1.96. The number of carbonyl (C=O) groups excluding carboxylic acids is 3. The molecule has 0 radical (unpaired) electrons. The van der Waals surface area contributed by atoms with E-state index in [0.29, 0.717) is 24.6 Å². The van der Waals surface area contributed by atoms with Crippen molar-refractivity contribution >= 4 is 17.7 Å². The molecule has 27 heavy (non-hydrogen) atoms. The molecule has 1 aromatic rings. The van der Waals surface area contributed by atoms with E-state index in [1.165, 1.54) is 6.42 Å². The standard InChI is InChI=1S/C20H25N3O4/c1-21-15-4-2-3-5-17(15)27-13-6-7-14-12(10-13)11-23(20(14)26)16-8-9-18(24)22-19(16)25/h6-7,10,15-17,21H,2-5,8-9,11H2,1H3,(H,22,24,25)/t15-,16?,17-/m0/s1. The van der Waals surface area contributed by atoms with E-state index in [1.54, 1.807) is 11.0 Å². The zero-order valence-electron chi connectivity index (χ0n) is 15.5. The molecule has 1 aromatic carbocycles. The van der Waals surface area contributed by atoms with Gasteiger partial charge in [-0.1, -0.05) is 6.42 Å². The lowest BCUT2D eigenvalue weighted by molar-refractivity contribution is -0.136. The molecule has 2 N–H and O–H groups in total. The Morgan fingerprint density at radius 2 is 1.96 bits per heavy atom. The van der Waals surface area contributed by atoms with Crippen LogP contribution in [-0.2, 0) is 16.1 Å². The van der Waals surface area contributed by atoms with Crippen LogP contribution in [0.2, 0.25) is 0 Å². The minimum Gasteiger partial charge on any atom is -0.489 e. The first-order valence-electron chi connectivity index (χ1n) is 9.68. The summed E-state index contributed by atoms with van der Waals surface area (Å²) >= 11 is 0. The summed E-state index contributed by atoms with van der Waals surface area (Å²) in [5, 5.41) is 5.66. The van der Waals surface area contributed by atoms with Gasteiger partial charge in [-0.15, -0.1) is 0 Å². The van der Waals surface area contributed by atoms with Crippen LogP contribution in [0.25, 0.3) is 0 Å². The number of nitrogens with zero attached hydrogens (tertiary/aromatic N) is 1. The van der Waals surface area contributed by atoms with Crippen LogP contribution in [0, 0.1) is 0 Å². The molecule has 2 fully saturated rings. The number of ether oxygens (including phenoxy) is 1. The molecule has 7 heteroatoms. The molecule has 7 nitrogen and oxygen atoms in total. The molecule has 0 aromatic heterocycles. The molecule has 3 aliphatic rings. The third-order valence-electron chi connectivity index (χ3n) is 5.86. The number of nitrogens with one attached hydrogen (secondary N) is 2. The smallest absolute Gasteiger partial charge is 0.255 e. The van der Waals surface area contributed by atoms with Gasteiger partial charge in [0.25, 0.3) is 5.91 Å². The maximum atomic E-state index is 12.7. The number of fused-ring (bicyclic) bond motifs is 1.